The SMILES string of the molecule is NC(Cc1ccccc1)c1cc(F)c2c(c1)CC(=O)N2. The van der Waals surface area contributed by atoms with Gasteiger partial charge in [0.2, 0.25) is 5.91 Å². The lowest BCUT2D eigenvalue weighted by Crippen LogP contribution is -2.14. The van der Waals surface area contributed by atoms with E-state index >= 15 is 0 Å². The van der Waals surface area contributed by atoms with Crippen LogP contribution in [0.1, 0.15) is 22.7 Å². The second-order valence-electron chi connectivity index (χ2n) is 5.06. The van der Waals surface area contributed by atoms with Gasteiger partial charge in [0.25, 0.3) is 0 Å². The Balaban J connectivity index is 1.86. The van der Waals surface area contributed by atoms with E-state index in [1.165, 1.54) is 6.07 Å². The van der Waals surface area contributed by atoms with Gasteiger partial charge in [-0.25, -0.2) is 4.39 Å². The molecule has 1 unspecified atom stereocenters. The number of amides is 1. The third kappa shape index (κ3) is 2.42. The average molecular weight is 270 g/mol. The Bertz CT molecular complexity index is 655. The molecule has 3 rings (SSSR count). The van der Waals surface area contributed by atoms with Crippen LogP contribution in [0, 0.1) is 5.82 Å². The molecular weight excluding hydrogens is 255 g/mol. The highest BCUT2D eigenvalue weighted by molar-refractivity contribution is 5.99. The fourth-order valence-corrected chi connectivity index (χ4v) is 2.52. The first-order valence-electron chi connectivity index (χ1n) is 6.55. The van der Waals surface area contributed by atoms with Crippen molar-refractivity contribution in [2.75, 3.05) is 5.32 Å². The van der Waals surface area contributed by atoms with Crippen molar-refractivity contribution < 1.29 is 9.18 Å². The monoisotopic (exact) mass is 270 g/mol. The molecule has 0 saturated carbocycles. The maximum absolute atomic E-state index is 14.0. The molecule has 1 atom stereocenters. The standard InChI is InChI=1S/C16H15FN2O/c17-13-8-11(7-12-9-15(20)19-16(12)13)14(18)6-10-4-2-1-3-5-10/h1-5,7-8,14H,6,9,18H2,(H,19,20). The van der Waals surface area contributed by atoms with Crippen LogP contribution in [-0.4, -0.2) is 5.91 Å². The summed E-state index contributed by atoms with van der Waals surface area (Å²) in [5.74, 6) is -0.584. The molecule has 20 heavy (non-hydrogen) atoms. The second-order valence-corrected chi connectivity index (χ2v) is 5.06. The number of carbonyl (C=O) groups is 1. The summed E-state index contributed by atoms with van der Waals surface area (Å²) >= 11 is 0. The van der Waals surface area contributed by atoms with Crippen molar-refractivity contribution in [3.8, 4) is 0 Å². The van der Waals surface area contributed by atoms with E-state index in [1.807, 2.05) is 36.4 Å². The van der Waals surface area contributed by atoms with Gasteiger partial charge in [-0.2, -0.15) is 0 Å². The number of fused-ring (bicyclic) bond motifs is 1. The summed E-state index contributed by atoms with van der Waals surface area (Å²) in [5, 5.41) is 2.53. The average Bonchev–Trinajstić information content (AvgIpc) is 2.81. The fraction of sp³-hybridized carbons (Fsp3) is 0.188. The van der Waals surface area contributed by atoms with E-state index < -0.39 is 5.82 Å². The molecule has 1 heterocycles. The molecule has 3 N–H and O–H groups in total. The molecule has 0 bridgehead atoms. The zero-order valence-electron chi connectivity index (χ0n) is 10.9. The van der Waals surface area contributed by atoms with Crippen LogP contribution in [0.5, 0.6) is 0 Å². The smallest absolute Gasteiger partial charge is 0.228 e. The van der Waals surface area contributed by atoms with Gasteiger partial charge in [0, 0.05) is 6.04 Å². The quantitative estimate of drug-likeness (QED) is 0.900. The van der Waals surface area contributed by atoms with E-state index in [4.69, 9.17) is 5.73 Å². The maximum Gasteiger partial charge on any atom is 0.228 e. The summed E-state index contributed by atoms with van der Waals surface area (Å²) in [4.78, 5) is 11.3. The predicted octanol–water partition coefficient (Wildman–Crippen LogP) is 2.56. The third-order valence-corrected chi connectivity index (χ3v) is 3.54. The van der Waals surface area contributed by atoms with Crippen LogP contribution in [-0.2, 0) is 17.6 Å². The van der Waals surface area contributed by atoms with E-state index in [2.05, 4.69) is 5.32 Å². The molecule has 1 amide bonds. The predicted molar refractivity (Wildman–Crippen MR) is 75.8 cm³/mol. The minimum atomic E-state index is -0.410. The zero-order valence-corrected chi connectivity index (χ0v) is 10.9. The van der Waals surface area contributed by atoms with Crippen LogP contribution in [0.4, 0.5) is 10.1 Å². The Kier molecular flexibility index (Phi) is 3.24. The molecule has 3 nitrogen and oxygen atoms in total. The van der Waals surface area contributed by atoms with E-state index in [0.717, 1.165) is 11.1 Å². The van der Waals surface area contributed by atoms with Crippen molar-refractivity contribution >= 4 is 11.6 Å². The van der Waals surface area contributed by atoms with Crippen molar-refractivity contribution in [2.24, 2.45) is 5.73 Å². The lowest BCUT2D eigenvalue weighted by Gasteiger charge is -2.14. The van der Waals surface area contributed by atoms with E-state index in [9.17, 15) is 9.18 Å². The first-order chi connectivity index (χ1) is 9.63. The van der Waals surface area contributed by atoms with Crippen LogP contribution in [0.15, 0.2) is 42.5 Å². The molecule has 102 valence electrons. The Morgan fingerprint density at radius 2 is 2.00 bits per heavy atom. The highest BCUT2D eigenvalue weighted by Gasteiger charge is 2.23. The minimum Gasteiger partial charge on any atom is -0.324 e. The van der Waals surface area contributed by atoms with E-state index in [0.29, 0.717) is 17.7 Å². The summed E-state index contributed by atoms with van der Waals surface area (Å²) in [7, 11) is 0. The first kappa shape index (κ1) is 12.8. The molecule has 0 aromatic heterocycles. The maximum atomic E-state index is 14.0. The van der Waals surface area contributed by atoms with Crippen LogP contribution in [0.3, 0.4) is 0 Å². The number of hydrogen-bond acceptors (Lipinski definition) is 2. The number of rotatable bonds is 3. The van der Waals surface area contributed by atoms with Gasteiger partial charge in [-0.05, 0) is 29.2 Å². The van der Waals surface area contributed by atoms with Crippen molar-refractivity contribution in [3.05, 3.63) is 65.0 Å². The largest absolute Gasteiger partial charge is 0.324 e. The summed E-state index contributed by atoms with van der Waals surface area (Å²) in [6.45, 7) is 0. The Labute approximate surface area is 116 Å². The highest BCUT2D eigenvalue weighted by atomic mass is 19.1. The first-order valence-corrected chi connectivity index (χ1v) is 6.55. The van der Waals surface area contributed by atoms with Crippen molar-refractivity contribution in [1.29, 1.82) is 0 Å². The third-order valence-electron chi connectivity index (χ3n) is 3.54. The molecular formula is C16H15FN2O. The van der Waals surface area contributed by atoms with Gasteiger partial charge in [0.15, 0.2) is 0 Å². The molecule has 0 saturated heterocycles. The number of nitrogens with one attached hydrogen (secondary N) is 1. The molecule has 0 aliphatic carbocycles. The molecule has 1 aliphatic rings. The Hall–Kier alpha value is -2.20. The van der Waals surface area contributed by atoms with Gasteiger partial charge in [-0.1, -0.05) is 36.4 Å². The number of anilines is 1. The molecule has 0 fully saturated rings. The fourth-order valence-electron chi connectivity index (χ4n) is 2.52. The van der Waals surface area contributed by atoms with Gasteiger partial charge in [0.05, 0.1) is 12.1 Å². The number of carbonyl (C=O) groups excluding carboxylic acids is 1. The van der Waals surface area contributed by atoms with Gasteiger partial charge >= 0.3 is 0 Å². The molecule has 0 radical (unpaired) electrons. The summed E-state index contributed by atoms with van der Waals surface area (Å²) in [6, 6.07) is 12.8. The second kappa shape index (κ2) is 5.06. The Morgan fingerprint density at radius 3 is 2.75 bits per heavy atom. The zero-order chi connectivity index (χ0) is 14.1. The number of nitrogens with two attached hydrogens (primary N) is 1. The van der Waals surface area contributed by atoms with E-state index in [-0.39, 0.29) is 18.4 Å². The van der Waals surface area contributed by atoms with Crippen LogP contribution in [0.25, 0.3) is 0 Å². The molecule has 0 spiro atoms. The minimum absolute atomic E-state index is 0.173. The molecule has 1 aliphatic heterocycles. The van der Waals surface area contributed by atoms with Gasteiger partial charge in [-0.15, -0.1) is 0 Å². The highest BCUT2D eigenvalue weighted by Crippen LogP contribution is 2.30. The number of hydrogen-bond donors (Lipinski definition) is 2. The lowest BCUT2D eigenvalue weighted by molar-refractivity contribution is -0.115. The van der Waals surface area contributed by atoms with Crippen LogP contribution < -0.4 is 11.1 Å². The van der Waals surface area contributed by atoms with Crippen molar-refractivity contribution in [2.45, 2.75) is 18.9 Å². The molecule has 2 aromatic rings. The number of benzene rings is 2. The topological polar surface area (TPSA) is 55.1 Å². The van der Waals surface area contributed by atoms with Crippen molar-refractivity contribution in [3.63, 3.8) is 0 Å². The van der Waals surface area contributed by atoms with Gasteiger partial charge in [0.1, 0.15) is 5.82 Å². The van der Waals surface area contributed by atoms with Crippen LogP contribution in [0.2, 0.25) is 0 Å². The summed E-state index contributed by atoms with van der Waals surface area (Å²) in [5.41, 5.74) is 8.97. The van der Waals surface area contributed by atoms with Crippen molar-refractivity contribution in [1.82, 2.24) is 0 Å². The lowest BCUT2D eigenvalue weighted by atomic mass is 9.97. The van der Waals surface area contributed by atoms with Gasteiger partial charge < -0.3 is 11.1 Å². The van der Waals surface area contributed by atoms with Crippen LogP contribution >= 0.6 is 0 Å². The molecule has 4 heteroatoms. The molecule has 2 aromatic carbocycles. The number of halogens is 1. The van der Waals surface area contributed by atoms with Gasteiger partial charge in [-0.3, -0.25) is 4.79 Å². The van der Waals surface area contributed by atoms with E-state index in [1.54, 1.807) is 0 Å². The Morgan fingerprint density at radius 1 is 1.25 bits per heavy atom. The summed E-state index contributed by atoms with van der Waals surface area (Å²) in [6.07, 6.45) is 0.860. The summed E-state index contributed by atoms with van der Waals surface area (Å²) < 4.78 is 14.0. The normalized spacial score (nSPS) is 14.8.